The van der Waals surface area contributed by atoms with Crippen LogP contribution in [0, 0.1) is 11.6 Å². The summed E-state index contributed by atoms with van der Waals surface area (Å²) in [7, 11) is 0. The Balaban J connectivity index is 2.11. The first-order valence-electron chi connectivity index (χ1n) is 7.26. The lowest BCUT2D eigenvalue weighted by molar-refractivity contribution is 0.627. The average Bonchev–Trinajstić information content (AvgIpc) is 2.59. The van der Waals surface area contributed by atoms with Crippen LogP contribution in [0.25, 0.3) is 11.6 Å². The predicted molar refractivity (Wildman–Crippen MR) is 89.7 cm³/mol. The maximum atomic E-state index is 13.2. The summed E-state index contributed by atoms with van der Waals surface area (Å²) in [6, 6.07) is 22.2. The van der Waals surface area contributed by atoms with Crippen molar-refractivity contribution in [2.45, 2.75) is 0 Å². The number of hydrogen-bond acceptors (Lipinski definition) is 0. The van der Waals surface area contributed by atoms with Gasteiger partial charge < -0.3 is 0 Å². The summed E-state index contributed by atoms with van der Waals surface area (Å²) in [6.45, 7) is 0. The molecule has 2 heteroatoms. The van der Waals surface area contributed by atoms with Gasteiger partial charge in [0.05, 0.1) is 0 Å². The molecule has 0 saturated carbocycles. The minimum absolute atomic E-state index is 0.292. The molecule has 3 rings (SSSR count). The highest BCUT2D eigenvalue weighted by atomic mass is 19.1. The van der Waals surface area contributed by atoms with Gasteiger partial charge in [-0.1, -0.05) is 54.6 Å². The lowest BCUT2D eigenvalue weighted by atomic mass is 9.98. The Morgan fingerprint density at radius 3 is 1.61 bits per heavy atom. The van der Waals surface area contributed by atoms with Gasteiger partial charge in [-0.15, -0.1) is 5.73 Å². The molecule has 112 valence electrons. The minimum Gasteiger partial charge on any atom is -0.207 e. The van der Waals surface area contributed by atoms with Crippen LogP contribution < -0.4 is 0 Å². The molecule has 0 saturated heterocycles. The van der Waals surface area contributed by atoms with Gasteiger partial charge in [-0.05, 0) is 47.0 Å². The maximum absolute atomic E-state index is 13.2. The summed E-state index contributed by atoms with van der Waals surface area (Å²) in [5, 5.41) is 0. The van der Waals surface area contributed by atoms with E-state index in [4.69, 9.17) is 0 Å². The van der Waals surface area contributed by atoms with Gasteiger partial charge in [0.1, 0.15) is 11.6 Å². The van der Waals surface area contributed by atoms with Crippen molar-refractivity contribution in [2.75, 3.05) is 0 Å². The topological polar surface area (TPSA) is 0 Å². The van der Waals surface area contributed by atoms with Crippen molar-refractivity contribution in [3.8, 4) is 0 Å². The zero-order chi connectivity index (χ0) is 16.1. The van der Waals surface area contributed by atoms with Crippen LogP contribution in [0.5, 0.6) is 0 Å². The van der Waals surface area contributed by atoms with Crippen LogP contribution in [-0.4, -0.2) is 0 Å². The monoisotopic (exact) mass is 304 g/mol. The third-order valence-electron chi connectivity index (χ3n) is 3.45. The molecule has 0 aliphatic carbocycles. The maximum Gasteiger partial charge on any atom is 0.123 e. The molecule has 0 radical (unpaired) electrons. The summed E-state index contributed by atoms with van der Waals surface area (Å²) in [5.74, 6) is -0.585. The predicted octanol–water partition coefficient (Wildman–Crippen LogP) is 5.71. The molecule has 0 nitrogen and oxygen atoms in total. The van der Waals surface area contributed by atoms with Crippen molar-refractivity contribution in [1.29, 1.82) is 0 Å². The number of rotatable bonds is 3. The highest BCUT2D eigenvalue weighted by molar-refractivity contribution is 5.81. The van der Waals surface area contributed by atoms with Crippen molar-refractivity contribution in [2.24, 2.45) is 0 Å². The molecule has 0 aliphatic rings. The Morgan fingerprint density at radius 1 is 0.652 bits per heavy atom. The lowest BCUT2D eigenvalue weighted by Gasteiger charge is -2.06. The zero-order valence-corrected chi connectivity index (χ0v) is 12.3. The Morgan fingerprint density at radius 2 is 1.13 bits per heavy atom. The summed E-state index contributed by atoms with van der Waals surface area (Å²) in [4.78, 5) is 0. The van der Waals surface area contributed by atoms with Crippen LogP contribution in [0.2, 0.25) is 0 Å². The summed E-state index contributed by atoms with van der Waals surface area (Å²) >= 11 is 0. The van der Waals surface area contributed by atoms with E-state index in [1.807, 2.05) is 36.4 Å². The molecule has 0 unspecified atom stereocenters. The molecular weight excluding hydrogens is 290 g/mol. The molecule has 0 amide bonds. The molecular formula is C21H14F2. The van der Waals surface area contributed by atoms with Gasteiger partial charge in [-0.3, -0.25) is 0 Å². The van der Waals surface area contributed by atoms with Gasteiger partial charge in [-0.25, -0.2) is 8.78 Å². The second-order valence-corrected chi connectivity index (χ2v) is 5.09. The van der Waals surface area contributed by atoms with Gasteiger partial charge in [0.25, 0.3) is 0 Å². The number of hydrogen-bond donors (Lipinski definition) is 0. The van der Waals surface area contributed by atoms with E-state index >= 15 is 0 Å². The van der Waals surface area contributed by atoms with E-state index in [1.54, 1.807) is 24.3 Å². The van der Waals surface area contributed by atoms with Crippen molar-refractivity contribution in [1.82, 2.24) is 0 Å². The van der Waals surface area contributed by atoms with Gasteiger partial charge in [-0.2, -0.15) is 0 Å². The molecule has 0 aromatic heterocycles. The van der Waals surface area contributed by atoms with Crippen LogP contribution in [0.1, 0.15) is 16.7 Å². The largest absolute Gasteiger partial charge is 0.207 e. The second kappa shape index (κ2) is 6.87. The first-order chi connectivity index (χ1) is 11.2. The first kappa shape index (κ1) is 15.0. The van der Waals surface area contributed by atoms with Crippen LogP contribution in [0.15, 0.2) is 84.6 Å². The van der Waals surface area contributed by atoms with Crippen LogP contribution >= 0.6 is 0 Å². The lowest BCUT2D eigenvalue weighted by Crippen LogP contribution is -1.88. The second-order valence-electron chi connectivity index (χ2n) is 5.09. The van der Waals surface area contributed by atoms with Gasteiger partial charge in [0, 0.05) is 5.57 Å². The summed E-state index contributed by atoms with van der Waals surface area (Å²) in [5.41, 5.74) is 6.70. The highest BCUT2D eigenvalue weighted by Gasteiger charge is 2.05. The van der Waals surface area contributed by atoms with Gasteiger partial charge >= 0.3 is 0 Å². The Hall–Kier alpha value is -2.96. The van der Waals surface area contributed by atoms with Crippen molar-refractivity contribution >= 4 is 11.6 Å². The Bertz CT molecular complexity index is 791. The fourth-order valence-electron chi connectivity index (χ4n) is 2.27. The smallest absolute Gasteiger partial charge is 0.123 e. The molecule has 0 aliphatic heterocycles. The molecule has 0 bridgehead atoms. The molecule has 3 aromatic carbocycles. The third kappa shape index (κ3) is 3.82. The van der Waals surface area contributed by atoms with E-state index in [-0.39, 0.29) is 11.6 Å². The van der Waals surface area contributed by atoms with Gasteiger partial charge in [0.2, 0.25) is 0 Å². The van der Waals surface area contributed by atoms with Crippen molar-refractivity contribution in [3.05, 3.63) is 113 Å². The zero-order valence-electron chi connectivity index (χ0n) is 12.3. The fraction of sp³-hybridized carbons (Fsp3) is 0. The first-order valence-corrected chi connectivity index (χ1v) is 7.26. The Kier molecular flexibility index (Phi) is 4.46. The van der Waals surface area contributed by atoms with E-state index in [0.717, 1.165) is 22.3 Å². The molecule has 0 heterocycles. The standard InChI is InChI=1S/C21H14F2/c22-19-11-7-17(8-12-19)21(18-9-13-20(23)14-10-18)15-6-16-4-2-1-3-5-16/h1-14H. The third-order valence-corrected chi connectivity index (χ3v) is 3.45. The van der Waals surface area contributed by atoms with E-state index in [2.05, 4.69) is 5.73 Å². The molecule has 23 heavy (non-hydrogen) atoms. The van der Waals surface area contributed by atoms with Crippen LogP contribution in [0.4, 0.5) is 8.78 Å². The van der Waals surface area contributed by atoms with E-state index < -0.39 is 0 Å². The Labute approximate surface area is 134 Å². The fourth-order valence-corrected chi connectivity index (χ4v) is 2.27. The SMILES string of the molecule is Fc1ccc(C(=C=Cc2ccccc2)c2ccc(F)cc2)cc1. The molecule has 0 fully saturated rings. The molecule has 3 aromatic rings. The van der Waals surface area contributed by atoms with Crippen molar-refractivity contribution < 1.29 is 8.78 Å². The molecule has 0 atom stereocenters. The van der Waals surface area contributed by atoms with Crippen LogP contribution in [-0.2, 0) is 0 Å². The quantitative estimate of drug-likeness (QED) is 0.544. The van der Waals surface area contributed by atoms with Gasteiger partial charge in [0.15, 0.2) is 0 Å². The van der Waals surface area contributed by atoms with E-state index in [1.165, 1.54) is 24.3 Å². The van der Waals surface area contributed by atoms with Crippen LogP contribution in [0.3, 0.4) is 0 Å². The average molecular weight is 304 g/mol. The number of benzene rings is 3. The molecule has 0 N–H and O–H groups in total. The minimum atomic E-state index is -0.292. The normalized spacial score (nSPS) is 10.0. The van der Waals surface area contributed by atoms with E-state index in [0.29, 0.717) is 0 Å². The van der Waals surface area contributed by atoms with Crippen molar-refractivity contribution in [3.63, 3.8) is 0 Å². The summed E-state index contributed by atoms with van der Waals surface area (Å²) in [6.07, 6.45) is 1.86. The summed E-state index contributed by atoms with van der Waals surface area (Å²) < 4.78 is 26.3. The molecule has 0 spiro atoms. The number of halogens is 2. The highest BCUT2D eigenvalue weighted by Crippen LogP contribution is 2.23. The van der Waals surface area contributed by atoms with E-state index in [9.17, 15) is 8.78 Å².